The molecule has 6 nitrogen and oxygen atoms in total. The van der Waals surface area contributed by atoms with E-state index in [1.54, 1.807) is 36.9 Å². The zero-order chi connectivity index (χ0) is 18.1. The van der Waals surface area contributed by atoms with Gasteiger partial charge in [0.25, 0.3) is 0 Å². The Balaban J connectivity index is 0.00000140. The van der Waals surface area contributed by atoms with Gasteiger partial charge in [0.05, 0.1) is 37.5 Å². The molecule has 1 fully saturated rings. The van der Waals surface area contributed by atoms with Gasteiger partial charge in [-0.3, -0.25) is 14.3 Å². The Labute approximate surface area is 180 Å². The number of hydrogen-bond acceptors (Lipinski definition) is 6. The van der Waals surface area contributed by atoms with Gasteiger partial charge in [-0.2, -0.15) is 0 Å². The van der Waals surface area contributed by atoms with E-state index in [2.05, 4.69) is 9.29 Å². The molecule has 0 aliphatic carbocycles. The minimum absolute atomic E-state index is 0. The van der Waals surface area contributed by atoms with Crippen molar-refractivity contribution >= 4 is 59.3 Å². The Morgan fingerprint density at radius 1 is 1.18 bits per heavy atom. The highest BCUT2D eigenvalue weighted by Gasteiger charge is 2.31. The average molecular weight is 442 g/mol. The summed E-state index contributed by atoms with van der Waals surface area (Å²) in [6.07, 6.45) is 5.39. The molecule has 3 aromatic rings. The predicted octanol–water partition coefficient (Wildman–Crippen LogP) is 4.32. The van der Waals surface area contributed by atoms with Crippen molar-refractivity contribution in [1.82, 2.24) is 9.55 Å². The van der Waals surface area contributed by atoms with Crippen LogP contribution in [0.1, 0.15) is 4.79 Å². The van der Waals surface area contributed by atoms with Gasteiger partial charge in [0.2, 0.25) is 5.91 Å². The third-order valence-corrected chi connectivity index (χ3v) is 5.76. The summed E-state index contributed by atoms with van der Waals surface area (Å²) in [6.45, 7) is 0.669. The Kier molecular flexibility index (Phi) is 7.46. The van der Waals surface area contributed by atoms with E-state index < -0.39 is 0 Å². The summed E-state index contributed by atoms with van der Waals surface area (Å²) in [4.78, 5) is 17.2. The highest BCUT2D eigenvalue weighted by atomic mass is 35.5. The number of methoxy groups -OCH3 is 2. The van der Waals surface area contributed by atoms with Crippen molar-refractivity contribution in [2.45, 2.75) is 0 Å². The molecule has 0 radical (unpaired) electrons. The van der Waals surface area contributed by atoms with E-state index in [1.165, 1.54) is 0 Å². The molecule has 0 bridgehead atoms. The molecule has 0 N–H and O–H groups in total. The van der Waals surface area contributed by atoms with Crippen molar-refractivity contribution in [2.75, 3.05) is 30.8 Å². The van der Waals surface area contributed by atoms with Crippen LogP contribution in [-0.4, -0.2) is 42.0 Å². The fourth-order valence-electron chi connectivity index (χ4n) is 3.17. The second-order valence-corrected chi connectivity index (χ2v) is 7.09. The van der Waals surface area contributed by atoms with Gasteiger partial charge in [-0.1, -0.05) is 0 Å². The molecule has 1 aliphatic rings. The van der Waals surface area contributed by atoms with Crippen molar-refractivity contribution in [3.8, 4) is 11.5 Å². The minimum Gasteiger partial charge on any atom is -0.493 e. The number of carbonyl (C=O) groups is 1. The number of nitrogens with zero attached hydrogens (tertiary/aromatic N) is 3. The van der Waals surface area contributed by atoms with Crippen LogP contribution in [0.15, 0.2) is 48.9 Å². The number of ether oxygens (including phenoxy) is 2. The van der Waals surface area contributed by atoms with Gasteiger partial charge >= 0.3 is 0 Å². The zero-order valence-corrected chi connectivity index (χ0v) is 17.9. The number of fused-ring (bicyclic) bond motifs is 1. The lowest BCUT2D eigenvalue weighted by Crippen LogP contribution is -2.26. The second-order valence-electron chi connectivity index (χ2n) is 6.05. The first-order valence-corrected chi connectivity index (χ1v) is 9.23. The van der Waals surface area contributed by atoms with E-state index >= 15 is 0 Å². The molecule has 0 spiro atoms. The van der Waals surface area contributed by atoms with Crippen LogP contribution in [0, 0.1) is 5.92 Å². The van der Waals surface area contributed by atoms with Gasteiger partial charge in [0, 0.05) is 36.1 Å². The van der Waals surface area contributed by atoms with Crippen LogP contribution in [0.2, 0.25) is 0 Å². The molecule has 0 saturated carbocycles. The molecule has 1 saturated heterocycles. The second kappa shape index (κ2) is 9.41. The molecule has 0 amide bonds. The molecule has 150 valence electrons. The molecule has 1 aromatic carbocycles. The van der Waals surface area contributed by atoms with Crippen molar-refractivity contribution in [3.05, 3.63) is 48.9 Å². The first kappa shape index (κ1) is 22.2. The molecule has 2 aromatic heterocycles. The molecule has 28 heavy (non-hydrogen) atoms. The maximum Gasteiger partial charge on any atom is 0.236 e. The van der Waals surface area contributed by atoms with E-state index in [1.807, 2.05) is 42.7 Å². The summed E-state index contributed by atoms with van der Waals surface area (Å²) in [5, 5.41) is 0.950. The standard InChI is InChI=1S/C19H19N3O3S.2ClH/c1-24-17-8-13-5-7-21(16(13)9-18(17)25-2)19(23)14-11-22(26-12-14)15-4-3-6-20-10-15;;/h3-10,14H,11-12H2,1-2H3;2*1H. The lowest BCUT2D eigenvalue weighted by atomic mass is 10.1. The molecular weight excluding hydrogens is 421 g/mol. The van der Waals surface area contributed by atoms with E-state index in [0.717, 1.165) is 22.3 Å². The maximum absolute atomic E-state index is 13.1. The van der Waals surface area contributed by atoms with Gasteiger partial charge in [0.15, 0.2) is 11.5 Å². The first-order valence-electron chi connectivity index (χ1n) is 8.29. The third kappa shape index (κ3) is 4.01. The highest BCUT2D eigenvalue weighted by molar-refractivity contribution is 8.00. The smallest absolute Gasteiger partial charge is 0.236 e. The number of aromatic nitrogens is 2. The van der Waals surface area contributed by atoms with E-state index in [-0.39, 0.29) is 36.6 Å². The molecular formula is C19H21Cl2N3O3S. The monoisotopic (exact) mass is 441 g/mol. The van der Waals surface area contributed by atoms with Crippen molar-refractivity contribution in [1.29, 1.82) is 0 Å². The average Bonchev–Trinajstić information content (AvgIpc) is 3.34. The molecule has 4 rings (SSSR count). The van der Waals surface area contributed by atoms with Crippen molar-refractivity contribution < 1.29 is 14.3 Å². The predicted molar refractivity (Wildman–Crippen MR) is 118 cm³/mol. The normalized spacial score (nSPS) is 15.6. The van der Waals surface area contributed by atoms with Crippen LogP contribution in [-0.2, 0) is 0 Å². The highest BCUT2D eigenvalue weighted by Crippen LogP contribution is 2.35. The van der Waals surface area contributed by atoms with Crippen molar-refractivity contribution in [3.63, 3.8) is 0 Å². The third-order valence-electron chi connectivity index (χ3n) is 4.53. The number of anilines is 1. The number of benzene rings is 1. The molecule has 1 unspecified atom stereocenters. The van der Waals surface area contributed by atoms with Crippen LogP contribution in [0.25, 0.3) is 10.9 Å². The SMILES string of the molecule is COc1cc2ccn(C(=O)C3CSN(c4cccnc4)C3)c2cc1OC.Cl.Cl. The maximum atomic E-state index is 13.1. The molecule has 1 aliphatic heterocycles. The number of hydrogen-bond donors (Lipinski definition) is 0. The van der Waals surface area contributed by atoms with Crippen LogP contribution in [0.4, 0.5) is 5.69 Å². The summed E-state index contributed by atoms with van der Waals surface area (Å²) in [5.74, 6) is 2.03. The topological polar surface area (TPSA) is 56.6 Å². The van der Waals surface area contributed by atoms with Crippen LogP contribution < -0.4 is 13.8 Å². The fraction of sp³-hybridized carbons (Fsp3) is 0.263. The Bertz CT molecular complexity index is 952. The fourth-order valence-corrected chi connectivity index (χ4v) is 4.32. The summed E-state index contributed by atoms with van der Waals surface area (Å²) in [5.41, 5.74) is 1.86. The quantitative estimate of drug-likeness (QED) is 0.561. The van der Waals surface area contributed by atoms with Gasteiger partial charge in [-0.25, -0.2) is 0 Å². The van der Waals surface area contributed by atoms with Crippen molar-refractivity contribution in [2.24, 2.45) is 5.92 Å². The molecule has 9 heteroatoms. The molecule has 1 atom stereocenters. The van der Waals surface area contributed by atoms with Gasteiger partial charge in [-0.15, -0.1) is 24.8 Å². The largest absolute Gasteiger partial charge is 0.493 e. The van der Waals surface area contributed by atoms with E-state index in [4.69, 9.17) is 9.47 Å². The van der Waals surface area contributed by atoms with Gasteiger partial charge in [0.1, 0.15) is 0 Å². The van der Waals surface area contributed by atoms with Gasteiger partial charge in [-0.05, 0) is 36.2 Å². The van der Waals surface area contributed by atoms with Crippen LogP contribution >= 0.6 is 36.8 Å². The Morgan fingerprint density at radius 2 is 1.93 bits per heavy atom. The number of halogens is 2. The molecule has 3 heterocycles. The zero-order valence-electron chi connectivity index (χ0n) is 15.4. The Morgan fingerprint density at radius 3 is 2.61 bits per heavy atom. The number of carbonyl (C=O) groups excluding carboxylic acids is 1. The summed E-state index contributed by atoms with van der Waals surface area (Å²) >= 11 is 1.66. The summed E-state index contributed by atoms with van der Waals surface area (Å²) in [6, 6.07) is 9.59. The van der Waals surface area contributed by atoms with Crippen LogP contribution in [0.5, 0.6) is 11.5 Å². The number of pyridine rings is 1. The lowest BCUT2D eigenvalue weighted by molar-refractivity contribution is 0.0862. The van der Waals surface area contributed by atoms with E-state index in [9.17, 15) is 4.79 Å². The summed E-state index contributed by atoms with van der Waals surface area (Å²) in [7, 11) is 3.20. The Hall–Kier alpha value is -2.09. The van der Waals surface area contributed by atoms with Crippen LogP contribution in [0.3, 0.4) is 0 Å². The minimum atomic E-state index is -0.0797. The van der Waals surface area contributed by atoms with Gasteiger partial charge < -0.3 is 13.8 Å². The number of rotatable bonds is 4. The lowest BCUT2D eigenvalue weighted by Gasteiger charge is -2.16. The summed E-state index contributed by atoms with van der Waals surface area (Å²) < 4.78 is 14.6. The first-order chi connectivity index (χ1) is 12.7. The van der Waals surface area contributed by atoms with E-state index in [0.29, 0.717) is 18.0 Å².